The lowest BCUT2D eigenvalue weighted by atomic mass is 10.0. The van der Waals surface area contributed by atoms with Crippen molar-refractivity contribution < 1.29 is 14.3 Å². The first-order valence-electron chi connectivity index (χ1n) is 3.75. The highest BCUT2D eigenvalue weighted by molar-refractivity contribution is 5.86. The second-order valence-corrected chi connectivity index (χ2v) is 2.65. The van der Waals surface area contributed by atoms with Gasteiger partial charge in [0.25, 0.3) is 0 Å². The smallest absolute Gasteiger partial charge is 0.375 e. The first-order chi connectivity index (χ1) is 5.49. The van der Waals surface area contributed by atoms with Gasteiger partial charge in [-0.1, -0.05) is 20.3 Å². The predicted molar refractivity (Wildman–Crippen MR) is 43.1 cm³/mol. The number of carbonyl (C=O) groups is 2. The van der Waals surface area contributed by atoms with E-state index in [1.54, 1.807) is 6.92 Å². The zero-order valence-electron chi connectivity index (χ0n) is 7.24. The molecule has 5 heteroatoms. The van der Waals surface area contributed by atoms with E-state index in [1.165, 1.54) is 0 Å². The number of hydrogen-bond acceptors (Lipinski definition) is 4. The fourth-order valence-electron chi connectivity index (χ4n) is 0.653. The van der Waals surface area contributed by atoms with Gasteiger partial charge in [0.15, 0.2) is 0 Å². The summed E-state index contributed by atoms with van der Waals surface area (Å²) in [5.41, 5.74) is 10.1. The van der Waals surface area contributed by atoms with Gasteiger partial charge >= 0.3 is 12.1 Å². The standard InChI is InChI=1S/C7H14N2O3/c1-3-4(2)5(8)6(10)12-7(9)11/h4-5H,3,8H2,1-2H3,(H2,9,11)/t4-,5-/m0/s1. The predicted octanol–water partition coefficient (Wildman–Crippen LogP) is -0.0183. The summed E-state index contributed by atoms with van der Waals surface area (Å²) in [7, 11) is 0. The Morgan fingerprint density at radius 3 is 2.33 bits per heavy atom. The molecule has 4 N–H and O–H groups in total. The molecule has 0 aromatic heterocycles. The summed E-state index contributed by atoms with van der Waals surface area (Å²) in [6, 6.07) is -0.775. The third kappa shape index (κ3) is 3.34. The number of ether oxygens (including phenoxy) is 1. The van der Waals surface area contributed by atoms with Crippen LogP contribution in [-0.4, -0.2) is 18.1 Å². The molecule has 70 valence electrons. The lowest BCUT2D eigenvalue weighted by molar-refractivity contribution is -0.139. The maximum absolute atomic E-state index is 10.9. The van der Waals surface area contributed by atoms with Gasteiger partial charge in [0.2, 0.25) is 0 Å². The minimum Gasteiger partial charge on any atom is -0.375 e. The first-order valence-corrected chi connectivity index (χ1v) is 3.75. The molecular formula is C7H14N2O3. The van der Waals surface area contributed by atoms with Gasteiger partial charge in [-0.25, -0.2) is 9.59 Å². The Morgan fingerprint density at radius 2 is 2.00 bits per heavy atom. The fourth-order valence-corrected chi connectivity index (χ4v) is 0.653. The summed E-state index contributed by atoms with van der Waals surface area (Å²) in [5, 5.41) is 0. The number of hydrogen-bond donors (Lipinski definition) is 2. The van der Waals surface area contributed by atoms with Gasteiger partial charge in [-0.05, 0) is 5.92 Å². The van der Waals surface area contributed by atoms with E-state index in [9.17, 15) is 9.59 Å². The van der Waals surface area contributed by atoms with Crippen LogP contribution in [-0.2, 0) is 9.53 Å². The van der Waals surface area contributed by atoms with Crippen LogP contribution in [0.4, 0.5) is 4.79 Å². The average Bonchev–Trinajstić information content (AvgIpc) is 2.00. The van der Waals surface area contributed by atoms with E-state index in [2.05, 4.69) is 10.5 Å². The summed E-state index contributed by atoms with van der Waals surface area (Å²) < 4.78 is 4.11. The normalized spacial score (nSPS) is 14.9. The second-order valence-electron chi connectivity index (χ2n) is 2.65. The van der Waals surface area contributed by atoms with Crippen LogP contribution in [0.3, 0.4) is 0 Å². The van der Waals surface area contributed by atoms with Gasteiger partial charge in [-0.2, -0.15) is 0 Å². The molecule has 0 aliphatic rings. The van der Waals surface area contributed by atoms with Gasteiger partial charge in [0.1, 0.15) is 6.04 Å². The van der Waals surface area contributed by atoms with E-state index in [0.29, 0.717) is 0 Å². The van der Waals surface area contributed by atoms with Crippen LogP contribution in [0.1, 0.15) is 20.3 Å². The Bertz CT molecular complexity index is 181. The van der Waals surface area contributed by atoms with E-state index >= 15 is 0 Å². The highest BCUT2D eigenvalue weighted by atomic mass is 16.6. The molecule has 0 aliphatic heterocycles. The summed E-state index contributed by atoms with van der Waals surface area (Å²) in [6.07, 6.45) is -0.367. The maximum Gasteiger partial charge on any atom is 0.412 e. The minimum absolute atomic E-state index is 0.0168. The number of rotatable bonds is 3. The van der Waals surface area contributed by atoms with E-state index in [1.807, 2.05) is 6.92 Å². The summed E-state index contributed by atoms with van der Waals surface area (Å²) in [6.45, 7) is 3.69. The number of primary amides is 1. The molecule has 0 heterocycles. The molecule has 0 radical (unpaired) electrons. The molecule has 0 fully saturated rings. The van der Waals surface area contributed by atoms with Crippen LogP contribution < -0.4 is 11.5 Å². The highest BCUT2D eigenvalue weighted by Crippen LogP contribution is 2.06. The summed E-state index contributed by atoms with van der Waals surface area (Å²) in [5.74, 6) is -0.784. The van der Waals surface area contributed by atoms with Crippen molar-refractivity contribution >= 4 is 12.1 Å². The van der Waals surface area contributed by atoms with Crippen molar-refractivity contribution in [1.29, 1.82) is 0 Å². The molecule has 0 bridgehead atoms. The lowest BCUT2D eigenvalue weighted by Crippen LogP contribution is -2.39. The number of amides is 1. The molecule has 0 rings (SSSR count). The number of nitrogens with two attached hydrogens (primary N) is 2. The van der Waals surface area contributed by atoms with Crippen LogP contribution >= 0.6 is 0 Å². The third-order valence-electron chi connectivity index (χ3n) is 1.73. The molecule has 0 unspecified atom stereocenters. The number of carbonyl (C=O) groups excluding carboxylic acids is 2. The largest absolute Gasteiger partial charge is 0.412 e. The first kappa shape index (κ1) is 10.9. The fraction of sp³-hybridized carbons (Fsp3) is 0.714. The lowest BCUT2D eigenvalue weighted by Gasteiger charge is -2.14. The Morgan fingerprint density at radius 1 is 1.50 bits per heavy atom. The third-order valence-corrected chi connectivity index (χ3v) is 1.73. The molecule has 5 nitrogen and oxygen atoms in total. The zero-order valence-corrected chi connectivity index (χ0v) is 7.24. The summed E-state index contributed by atoms with van der Waals surface area (Å²) >= 11 is 0. The van der Waals surface area contributed by atoms with Crippen LogP contribution in [0.15, 0.2) is 0 Å². The van der Waals surface area contributed by atoms with Crippen molar-refractivity contribution in [2.24, 2.45) is 17.4 Å². The van der Waals surface area contributed by atoms with E-state index in [0.717, 1.165) is 6.42 Å². The number of esters is 1. The minimum atomic E-state index is -1.11. The van der Waals surface area contributed by atoms with E-state index < -0.39 is 18.1 Å². The van der Waals surface area contributed by atoms with Gasteiger partial charge in [0.05, 0.1) is 0 Å². The SMILES string of the molecule is CC[C@H](C)[C@H](N)C(=O)OC(N)=O. The van der Waals surface area contributed by atoms with E-state index in [-0.39, 0.29) is 5.92 Å². The average molecular weight is 174 g/mol. The topological polar surface area (TPSA) is 95.4 Å². The Labute approximate surface area is 71.0 Å². The Hall–Kier alpha value is -1.10. The second kappa shape index (κ2) is 4.71. The molecular weight excluding hydrogens is 160 g/mol. The van der Waals surface area contributed by atoms with Gasteiger partial charge in [-0.15, -0.1) is 0 Å². The molecule has 12 heavy (non-hydrogen) atoms. The highest BCUT2D eigenvalue weighted by Gasteiger charge is 2.22. The molecule has 0 spiro atoms. The quantitative estimate of drug-likeness (QED) is 0.464. The Balaban J connectivity index is 4.01. The van der Waals surface area contributed by atoms with Crippen molar-refractivity contribution in [2.75, 3.05) is 0 Å². The van der Waals surface area contributed by atoms with Crippen molar-refractivity contribution in [3.8, 4) is 0 Å². The van der Waals surface area contributed by atoms with E-state index in [4.69, 9.17) is 5.73 Å². The molecule has 0 aromatic rings. The van der Waals surface area contributed by atoms with Crippen LogP contribution in [0, 0.1) is 5.92 Å². The molecule has 0 aromatic carbocycles. The van der Waals surface area contributed by atoms with Crippen molar-refractivity contribution in [3.05, 3.63) is 0 Å². The monoisotopic (exact) mass is 174 g/mol. The van der Waals surface area contributed by atoms with Gasteiger partial charge in [0, 0.05) is 0 Å². The maximum atomic E-state index is 10.9. The summed E-state index contributed by atoms with van der Waals surface area (Å²) in [4.78, 5) is 21.1. The van der Waals surface area contributed by atoms with Crippen molar-refractivity contribution in [1.82, 2.24) is 0 Å². The van der Waals surface area contributed by atoms with Crippen LogP contribution in [0.5, 0.6) is 0 Å². The van der Waals surface area contributed by atoms with Crippen LogP contribution in [0.25, 0.3) is 0 Å². The Kier molecular flexibility index (Phi) is 4.28. The van der Waals surface area contributed by atoms with Crippen LogP contribution in [0.2, 0.25) is 0 Å². The van der Waals surface area contributed by atoms with Gasteiger partial charge in [-0.3, -0.25) is 0 Å². The molecule has 0 saturated heterocycles. The van der Waals surface area contributed by atoms with Gasteiger partial charge < -0.3 is 16.2 Å². The zero-order chi connectivity index (χ0) is 9.72. The molecule has 0 aliphatic carbocycles. The van der Waals surface area contributed by atoms with Crippen molar-refractivity contribution in [3.63, 3.8) is 0 Å². The molecule has 2 atom stereocenters. The van der Waals surface area contributed by atoms with Crippen molar-refractivity contribution in [2.45, 2.75) is 26.3 Å². The molecule has 1 amide bonds. The molecule has 0 saturated carbocycles.